The van der Waals surface area contributed by atoms with Crippen LogP contribution in [0.1, 0.15) is 27.8 Å². The second-order valence-corrected chi connectivity index (χ2v) is 23.1. The zero-order valence-corrected chi connectivity index (χ0v) is 46.6. The van der Waals surface area contributed by atoms with Crippen LogP contribution in [0.2, 0.25) is 0 Å². The van der Waals surface area contributed by atoms with E-state index in [-0.39, 0.29) is 22.1 Å². The van der Waals surface area contributed by atoms with E-state index < -0.39 is 68.4 Å². The molecule has 9 rings (SSSR count). The van der Waals surface area contributed by atoms with Crippen molar-refractivity contribution >= 4 is 84.1 Å². The van der Waals surface area contributed by atoms with Crippen molar-refractivity contribution in [2.45, 2.75) is 56.7 Å². The molecule has 0 radical (unpaired) electrons. The molecule has 0 unspecified atom stereocenters. The number of hydrogen-bond donors (Lipinski definition) is 2. The third-order valence-electron chi connectivity index (χ3n) is 10.5. The van der Waals surface area contributed by atoms with Gasteiger partial charge >= 0.3 is 62.5 Å². The molecule has 0 atom stereocenters. The van der Waals surface area contributed by atoms with Crippen molar-refractivity contribution in [2.24, 2.45) is 0 Å². The maximum absolute atomic E-state index is 12.3. The maximum Gasteiger partial charge on any atom is 0.534 e. The normalized spacial score (nSPS) is 12.2. The van der Waals surface area contributed by atoms with Crippen molar-refractivity contribution in [3.8, 4) is 11.6 Å². The number of pyridine rings is 4. The van der Waals surface area contributed by atoms with Gasteiger partial charge in [0.05, 0.1) is 11.0 Å². The van der Waals surface area contributed by atoms with E-state index in [1.807, 2.05) is 78.1 Å². The van der Waals surface area contributed by atoms with Crippen molar-refractivity contribution in [3.05, 3.63) is 200 Å². The molecule has 5 aromatic carbocycles. The summed E-state index contributed by atoms with van der Waals surface area (Å²) < 4.78 is 235. The van der Waals surface area contributed by atoms with E-state index in [2.05, 4.69) is 47.4 Å². The van der Waals surface area contributed by atoms with Crippen LogP contribution in [-0.2, 0) is 44.1 Å². The first-order chi connectivity index (χ1) is 38.6. The van der Waals surface area contributed by atoms with Crippen LogP contribution in [0.5, 0.6) is 11.6 Å². The van der Waals surface area contributed by atoms with Gasteiger partial charge in [0.25, 0.3) is 0 Å². The van der Waals surface area contributed by atoms with Crippen molar-refractivity contribution in [1.82, 2.24) is 19.9 Å². The van der Waals surface area contributed by atoms with Gasteiger partial charge in [0.1, 0.15) is 0 Å². The molecule has 17 nitrogen and oxygen atoms in total. The maximum atomic E-state index is 12.3. The molecule has 0 spiro atoms. The molecule has 4 heterocycles. The SMILES string of the molecule is Cc1cccc2[nH]c(=O)ccc12.Cc1cccc2[nH]ccc(=O)c12.Cc1cccc2nc(OS(=O)(=O)C(F)(F)F)ccc12.Cc1cccc2nccc(OS(=O)(=O)C(F)(F)F)c12.Cc1ccccc1.O=S(=O)(OS(=O)(=O)C(F)(F)F)C(F)(F)F. The van der Waals surface area contributed by atoms with Gasteiger partial charge in [0.15, 0.2) is 11.2 Å². The molecule has 0 aliphatic rings. The Morgan fingerprint density at radius 2 is 0.893 bits per heavy atom. The Hall–Kier alpha value is -8.14. The topological polar surface area (TPSA) is 256 Å². The first-order valence-electron chi connectivity index (χ1n) is 22.8. The van der Waals surface area contributed by atoms with Crippen molar-refractivity contribution in [1.29, 1.82) is 0 Å². The van der Waals surface area contributed by atoms with E-state index >= 15 is 0 Å². The Morgan fingerprint density at radius 3 is 1.40 bits per heavy atom. The predicted molar refractivity (Wildman–Crippen MR) is 285 cm³/mol. The zero-order valence-electron chi connectivity index (χ0n) is 43.3. The summed E-state index contributed by atoms with van der Waals surface area (Å²) in [7, 11) is -25.1. The number of hydrogen-bond acceptors (Lipinski definition) is 15. The molecular formula is C51H42F12N4O13S4. The molecule has 2 N–H and O–H groups in total. The van der Waals surface area contributed by atoms with Gasteiger partial charge in [-0.05, 0) is 93.3 Å². The van der Waals surface area contributed by atoms with E-state index in [1.165, 1.54) is 23.4 Å². The number of benzene rings is 5. The van der Waals surface area contributed by atoms with E-state index in [1.54, 1.807) is 68.6 Å². The quantitative estimate of drug-likeness (QED) is 0.0891. The van der Waals surface area contributed by atoms with Crippen LogP contribution in [0.15, 0.2) is 162 Å². The minimum Gasteiger partial charge on any atom is -0.375 e. The summed E-state index contributed by atoms with van der Waals surface area (Å²) in [6, 6.07) is 40.3. The second kappa shape index (κ2) is 27.1. The molecule has 0 saturated carbocycles. The smallest absolute Gasteiger partial charge is 0.375 e. The van der Waals surface area contributed by atoms with Crippen LogP contribution in [0.4, 0.5) is 52.7 Å². The van der Waals surface area contributed by atoms with Crippen LogP contribution < -0.4 is 19.4 Å². The third kappa shape index (κ3) is 18.4. The Labute approximate surface area is 469 Å². The molecule has 0 amide bonds. The highest BCUT2D eigenvalue weighted by Crippen LogP contribution is 2.34. The molecule has 9 aromatic rings. The average molecular weight is 1280 g/mol. The monoisotopic (exact) mass is 1270 g/mol. The van der Waals surface area contributed by atoms with Gasteiger partial charge in [-0.25, -0.2) is 4.98 Å². The molecule has 452 valence electrons. The van der Waals surface area contributed by atoms with Gasteiger partial charge in [-0.3, -0.25) is 14.6 Å². The van der Waals surface area contributed by atoms with Crippen LogP contribution in [0, 0.1) is 34.6 Å². The number of aromatic amines is 2. The molecule has 0 aliphatic heterocycles. The lowest BCUT2D eigenvalue weighted by molar-refractivity contribution is -0.0586. The summed E-state index contributed by atoms with van der Waals surface area (Å²) in [6.07, 6.45) is 2.85. The second-order valence-electron chi connectivity index (χ2n) is 16.8. The standard InChI is InChI=1S/2C11H8F3NO3S.2C10H9NO.C7H8.C2F6O5S2/c1-7-3-2-4-9-8(7)5-6-10(15-9)18-19(16,17)11(12,13)14;1-7-3-2-4-8-10(7)9(5-6-15-8)18-19(16,17)11(12,13)14;1-7-3-2-4-9-8(7)5-6-10(12)11-9;1-7-3-2-4-8-10(7)9(12)5-6-11-8;1-7-5-3-2-4-6-7;3-1(4,5)14(9,10)13-15(11,12)2(6,7)8/h2*2-6H,1H3;2*2-6H,1H3,(H,11,12);2-6H,1H3;. The van der Waals surface area contributed by atoms with E-state index in [0.29, 0.717) is 22.0 Å². The number of rotatable bonds is 6. The Morgan fingerprint density at radius 1 is 0.429 bits per heavy atom. The van der Waals surface area contributed by atoms with E-state index in [0.717, 1.165) is 45.1 Å². The summed E-state index contributed by atoms with van der Waals surface area (Å²) in [5, 5.41) is 2.84. The summed E-state index contributed by atoms with van der Waals surface area (Å²) in [4.78, 5) is 35.8. The zero-order chi connectivity index (χ0) is 63.4. The van der Waals surface area contributed by atoms with Crippen LogP contribution in [0.3, 0.4) is 0 Å². The Balaban J connectivity index is 0.000000221. The minimum atomic E-state index is -6.85. The fourth-order valence-corrected chi connectivity index (χ4v) is 9.00. The highest BCUT2D eigenvalue weighted by atomic mass is 32.3. The first kappa shape index (κ1) is 68.4. The Bertz CT molecular complexity index is 4310. The molecule has 0 fully saturated rings. The molecular weight excluding hydrogens is 1230 g/mol. The van der Waals surface area contributed by atoms with Gasteiger partial charge in [-0.1, -0.05) is 84.4 Å². The number of nitrogens with one attached hydrogen (secondary N) is 2. The minimum absolute atomic E-state index is 0.0481. The molecule has 0 aliphatic carbocycles. The van der Waals surface area contributed by atoms with Crippen LogP contribution >= 0.6 is 0 Å². The number of nitrogens with zero attached hydrogens (tertiary/aromatic N) is 2. The number of fused-ring (bicyclic) bond motifs is 4. The van der Waals surface area contributed by atoms with Crippen LogP contribution in [-0.4, -0.2) is 75.6 Å². The average Bonchev–Trinajstić information content (AvgIpc) is 1.52. The first-order valence-corrected chi connectivity index (χ1v) is 28.5. The fraction of sp³-hybridized carbons (Fsp3) is 0.176. The van der Waals surface area contributed by atoms with Gasteiger partial charge in [-0.15, -0.1) is 3.63 Å². The molecule has 33 heteroatoms. The molecule has 0 bridgehead atoms. The van der Waals surface area contributed by atoms with Crippen molar-refractivity contribution in [3.63, 3.8) is 0 Å². The third-order valence-corrected chi connectivity index (χ3v) is 15.0. The molecule has 0 saturated heterocycles. The number of H-pyrrole nitrogens is 2. The van der Waals surface area contributed by atoms with Gasteiger partial charge in [0.2, 0.25) is 11.4 Å². The summed E-state index contributed by atoms with van der Waals surface area (Å²) >= 11 is 0. The highest BCUT2D eigenvalue weighted by Gasteiger charge is 2.57. The number of aryl methyl sites for hydroxylation is 5. The summed E-state index contributed by atoms with van der Waals surface area (Å²) in [6.45, 7) is 9.48. The van der Waals surface area contributed by atoms with E-state index in [4.69, 9.17) is 0 Å². The summed E-state index contributed by atoms with van der Waals surface area (Å²) in [5.41, 5.74) is -15.9. The number of alkyl halides is 12. The Kier molecular flexibility index (Phi) is 22.0. The van der Waals surface area contributed by atoms with Crippen molar-refractivity contribution < 1.29 is 98.4 Å². The van der Waals surface area contributed by atoms with Crippen molar-refractivity contribution in [2.75, 3.05) is 0 Å². The van der Waals surface area contributed by atoms with Gasteiger partial charge < -0.3 is 18.3 Å². The molecule has 84 heavy (non-hydrogen) atoms. The lowest BCUT2D eigenvalue weighted by Crippen LogP contribution is -2.34. The largest absolute Gasteiger partial charge is 0.534 e. The highest BCUT2D eigenvalue weighted by molar-refractivity contribution is 8.00. The van der Waals surface area contributed by atoms with Gasteiger partial charge in [0, 0.05) is 69.2 Å². The lowest BCUT2D eigenvalue weighted by atomic mass is 10.1. The summed E-state index contributed by atoms with van der Waals surface area (Å²) in [5.74, 6) is -1.00. The molecule has 4 aromatic heterocycles. The van der Waals surface area contributed by atoms with E-state index in [9.17, 15) is 95.9 Å². The van der Waals surface area contributed by atoms with Gasteiger partial charge in [-0.2, -0.15) is 86.4 Å². The predicted octanol–water partition coefficient (Wildman–Crippen LogP) is 11.9. The number of halogens is 12. The fourth-order valence-electron chi connectivity index (χ4n) is 6.56. The van der Waals surface area contributed by atoms with Crippen LogP contribution in [0.25, 0.3) is 43.6 Å². The number of aromatic nitrogens is 4. The lowest BCUT2D eigenvalue weighted by Gasteiger charge is -2.12.